The molecule has 3 aromatic rings. The number of hydrogen-bond donors (Lipinski definition) is 2. The standard InChI is InChI=1S/C18H19N3OS/c1-11-7-8-19-17(9-11)21-16-6-4-5-14(20-16)15-10-12(2)18(23-15)13(3)22/h4-10,13,22H,1-3H3,(H,19,20,21). The monoisotopic (exact) mass is 325 g/mol. The molecule has 0 spiro atoms. The first kappa shape index (κ1) is 15.6. The predicted molar refractivity (Wildman–Crippen MR) is 95.2 cm³/mol. The minimum atomic E-state index is -0.452. The number of aryl methyl sites for hydroxylation is 2. The van der Waals surface area contributed by atoms with Gasteiger partial charge in [-0.2, -0.15) is 0 Å². The third-order valence-corrected chi connectivity index (χ3v) is 4.94. The molecule has 0 aliphatic rings. The largest absolute Gasteiger partial charge is 0.388 e. The molecule has 2 N–H and O–H groups in total. The molecule has 1 unspecified atom stereocenters. The number of nitrogens with zero attached hydrogens (tertiary/aromatic N) is 2. The molecule has 4 nitrogen and oxygen atoms in total. The number of hydrogen-bond acceptors (Lipinski definition) is 5. The lowest BCUT2D eigenvalue weighted by Gasteiger charge is -2.06. The first-order chi connectivity index (χ1) is 11.0. The summed E-state index contributed by atoms with van der Waals surface area (Å²) in [7, 11) is 0. The average Bonchev–Trinajstić information content (AvgIpc) is 2.90. The highest BCUT2D eigenvalue weighted by molar-refractivity contribution is 7.15. The second kappa shape index (κ2) is 6.48. The lowest BCUT2D eigenvalue weighted by atomic mass is 10.2. The molecular weight excluding hydrogens is 306 g/mol. The Morgan fingerprint density at radius 3 is 2.65 bits per heavy atom. The van der Waals surface area contributed by atoms with Gasteiger partial charge in [-0.15, -0.1) is 11.3 Å². The normalized spacial score (nSPS) is 12.2. The zero-order valence-corrected chi connectivity index (χ0v) is 14.2. The average molecular weight is 325 g/mol. The summed E-state index contributed by atoms with van der Waals surface area (Å²) >= 11 is 1.58. The van der Waals surface area contributed by atoms with Crippen LogP contribution in [0.4, 0.5) is 11.6 Å². The fourth-order valence-electron chi connectivity index (χ4n) is 2.41. The van der Waals surface area contributed by atoms with Crippen LogP contribution in [-0.2, 0) is 0 Å². The van der Waals surface area contributed by atoms with Crippen LogP contribution in [-0.4, -0.2) is 15.1 Å². The van der Waals surface area contributed by atoms with Crippen LogP contribution in [0, 0.1) is 13.8 Å². The molecule has 0 saturated heterocycles. The van der Waals surface area contributed by atoms with E-state index in [0.717, 1.165) is 38.2 Å². The second-order valence-corrected chi connectivity index (χ2v) is 6.67. The van der Waals surface area contributed by atoms with E-state index >= 15 is 0 Å². The molecule has 0 aliphatic heterocycles. The maximum atomic E-state index is 9.81. The Balaban J connectivity index is 1.89. The Morgan fingerprint density at radius 2 is 1.96 bits per heavy atom. The van der Waals surface area contributed by atoms with Gasteiger partial charge in [0.2, 0.25) is 0 Å². The Hall–Kier alpha value is -2.24. The molecule has 0 bridgehead atoms. The highest BCUT2D eigenvalue weighted by Crippen LogP contribution is 2.34. The fourth-order valence-corrected chi connectivity index (χ4v) is 3.50. The molecule has 0 aliphatic carbocycles. The third kappa shape index (κ3) is 3.57. The number of nitrogens with one attached hydrogen (secondary N) is 1. The molecule has 5 heteroatoms. The number of pyridine rings is 2. The van der Waals surface area contributed by atoms with Crippen molar-refractivity contribution in [2.75, 3.05) is 5.32 Å². The van der Waals surface area contributed by atoms with E-state index in [1.54, 1.807) is 24.5 Å². The maximum Gasteiger partial charge on any atom is 0.132 e. The zero-order chi connectivity index (χ0) is 16.4. The number of rotatable bonds is 4. The van der Waals surface area contributed by atoms with Crippen LogP contribution in [0.5, 0.6) is 0 Å². The minimum absolute atomic E-state index is 0.452. The smallest absolute Gasteiger partial charge is 0.132 e. The van der Waals surface area contributed by atoms with E-state index in [4.69, 9.17) is 0 Å². The van der Waals surface area contributed by atoms with Crippen LogP contribution in [0.3, 0.4) is 0 Å². The van der Waals surface area contributed by atoms with Gasteiger partial charge in [0.25, 0.3) is 0 Å². The molecule has 0 aromatic carbocycles. The van der Waals surface area contributed by atoms with Gasteiger partial charge in [-0.3, -0.25) is 0 Å². The van der Waals surface area contributed by atoms with Crippen molar-refractivity contribution in [1.82, 2.24) is 9.97 Å². The summed E-state index contributed by atoms with van der Waals surface area (Å²) in [5.74, 6) is 1.53. The number of aliphatic hydroxyl groups is 1. The van der Waals surface area contributed by atoms with Crippen LogP contribution < -0.4 is 5.32 Å². The van der Waals surface area contributed by atoms with E-state index in [1.165, 1.54) is 0 Å². The van der Waals surface area contributed by atoms with Crippen LogP contribution in [0.15, 0.2) is 42.6 Å². The molecule has 3 rings (SSSR count). The molecular formula is C18H19N3OS. The van der Waals surface area contributed by atoms with Crippen molar-refractivity contribution in [2.24, 2.45) is 0 Å². The molecule has 0 fully saturated rings. The summed E-state index contributed by atoms with van der Waals surface area (Å²) in [6.45, 7) is 5.83. The van der Waals surface area contributed by atoms with Crippen molar-refractivity contribution in [3.63, 3.8) is 0 Å². The van der Waals surface area contributed by atoms with Crippen LogP contribution in [0.1, 0.15) is 29.0 Å². The van der Waals surface area contributed by atoms with E-state index in [-0.39, 0.29) is 0 Å². The van der Waals surface area contributed by atoms with Crippen LogP contribution >= 0.6 is 11.3 Å². The van der Waals surface area contributed by atoms with E-state index in [2.05, 4.69) is 21.4 Å². The van der Waals surface area contributed by atoms with Crippen molar-refractivity contribution >= 4 is 23.0 Å². The van der Waals surface area contributed by atoms with Crippen molar-refractivity contribution in [3.05, 3.63) is 58.6 Å². The lowest BCUT2D eigenvalue weighted by molar-refractivity contribution is 0.202. The fraction of sp³-hybridized carbons (Fsp3) is 0.222. The van der Waals surface area contributed by atoms with Gasteiger partial charge < -0.3 is 10.4 Å². The number of aliphatic hydroxyl groups excluding tert-OH is 1. The number of anilines is 2. The summed E-state index contributed by atoms with van der Waals surface area (Å²) in [5.41, 5.74) is 3.14. The summed E-state index contributed by atoms with van der Waals surface area (Å²) in [5, 5.41) is 13.0. The molecule has 0 radical (unpaired) electrons. The van der Waals surface area contributed by atoms with E-state index < -0.39 is 6.10 Å². The van der Waals surface area contributed by atoms with Gasteiger partial charge in [0.15, 0.2) is 0 Å². The Labute approximate surface area is 139 Å². The molecule has 23 heavy (non-hydrogen) atoms. The number of aromatic nitrogens is 2. The van der Waals surface area contributed by atoms with Crippen molar-refractivity contribution in [1.29, 1.82) is 0 Å². The third-order valence-electron chi connectivity index (χ3n) is 3.51. The van der Waals surface area contributed by atoms with Crippen molar-refractivity contribution < 1.29 is 5.11 Å². The van der Waals surface area contributed by atoms with Gasteiger partial charge in [0.05, 0.1) is 16.7 Å². The summed E-state index contributed by atoms with van der Waals surface area (Å²) < 4.78 is 0. The van der Waals surface area contributed by atoms with Gasteiger partial charge in [0, 0.05) is 11.1 Å². The number of thiophene rings is 1. The first-order valence-electron chi connectivity index (χ1n) is 7.48. The summed E-state index contributed by atoms with van der Waals surface area (Å²) in [6.07, 6.45) is 1.32. The zero-order valence-electron chi connectivity index (χ0n) is 13.4. The minimum Gasteiger partial charge on any atom is -0.388 e. The molecule has 118 valence electrons. The van der Waals surface area contributed by atoms with Gasteiger partial charge in [-0.1, -0.05) is 6.07 Å². The lowest BCUT2D eigenvalue weighted by Crippen LogP contribution is -1.96. The van der Waals surface area contributed by atoms with Gasteiger partial charge in [-0.05, 0) is 62.2 Å². The van der Waals surface area contributed by atoms with Crippen molar-refractivity contribution in [2.45, 2.75) is 26.9 Å². The molecule has 3 aromatic heterocycles. The topological polar surface area (TPSA) is 58.0 Å². The van der Waals surface area contributed by atoms with Crippen LogP contribution in [0.2, 0.25) is 0 Å². The molecule has 3 heterocycles. The first-order valence-corrected chi connectivity index (χ1v) is 8.30. The van der Waals surface area contributed by atoms with Gasteiger partial charge in [0.1, 0.15) is 11.6 Å². The maximum absolute atomic E-state index is 9.81. The highest BCUT2D eigenvalue weighted by atomic mass is 32.1. The Kier molecular flexibility index (Phi) is 4.41. The van der Waals surface area contributed by atoms with Gasteiger partial charge >= 0.3 is 0 Å². The highest BCUT2D eigenvalue weighted by Gasteiger charge is 2.12. The van der Waals surface area contributed by atoms with E-state index in [9.17, 15) is 5.11 Å². The quantitative estimate of drug-likeness (QED) is 0.735. The summed E-state index contributed by atoms with van der Waals surface area (Å²) in [6, 6.07) is 11.9. The second-order valence-electron chi connectivity index (χ2n) is 5.59. The van der Waals surface area contributed by atoms with E-state index in [1.807, 2.05) is 44.2 Å². The Bertz CT molecular complexity index is 827. The predicted octanol–water partition coefficient (Wildman–Crippen LogP) is 4.62. The van der Waals surface area contributed by atoms with E-state index in [0.29, 0.717) is 0 Å². The van der Waals surface area contributed by atoms with Crippen LogP contribution in [0.25, 0.3) is 10.6 Å². The van der Waals surface area contributed by atoms with Gasteiger partial charge in [-0.25, -0.2) is 9.97 Å². The SMILES string of the molecule is Cc1ccnc(Nc2cccc(-c3cc(C)c(C(C)O)s3)n2)c1. The molecule has 0 amide bonds. The molecule has 0 saturated carbocycles. The molecule has 1 atom stereocenters. The Morgan fingerprint density at radius 1 is 1.13 bits per heavy atom. The van der Waals surface area contributed by atoms with Crippen molar-refractivity contribution in [3.8, 4) is 10.6 Å². The summed E-state index contributed by atoms with van der Waals surface area (Å²) in [4.78, 5) is 11.0.